The van der Waals surface area contributed by atoms with Crippen LogP contribution in [-0.4, -0.2) is 46.2 Å². The van der Waals surface area contributed by atoms with E-state index in [0.29, 0.717) is 0 Å². The minimum absolute atomic E-state index is 0.277. The topological polar surface area (TPSA) is 81.0 Å². The Morgan fingerprint density at radius 1 is 0.857 bits per heavy atom. The molecule has 6 atom stereocenters. The zero-order chi connectivity index (χ0) is 19.1. The first-order valence-electron chi connectivity index (χ1n) is 9.39. The van der Waals surface area contributed by atoms with Crippen LogP contribution in [0, 0.1) is 0 Å². The number of fused-ring (bicyclic) bond motifs is 2. The van der Waals surface area contributed by atoms with Gasteiger partial charge in [0.15, 0.2) is 6.29 Å². The maximum absolute atomic E-state index is 10.8. The van der Waals surface area contributed by atoms with Crippen molar-refractivity contribution in [2.24, 2.45) is 0 Å². The highest BCUT2D eigenvalue weighted by Crippen LogP contribution is 2.39. The fourth-order valence-electron chi connectivity index (χ4n) is 3.94. The Balaban J connectivity index is 1.39. The largest absolute Gasteiger partial charge is 0.387 e. The van der Waals surface area contributed by atoms with Gasteiger partial charge < -0.3 is 24.4 Å². The van der Waals surface area contributed by atoms with Crippen molar-refractivity contribution in [1.82, 2.24) is 4.98 Å². The number of nitrogens with zero attached hydrogens (tertiary/aromatic N) is 1. The van der Waals surface area contributed by atoms with Gasteiger partial charge in [0.1, 0.15) is 30.5 Å². The van der Waals surface area contributed by atoms with Crippen LogP contribution in [0.1, 0.15) is 23.5 Å². The average Bonchev–Trinajstić information content (AvgIpc) is 2.76. The van der Waals surface area contributed by atoms with E-state index in [4.69, 9.17) is 14.2 Å². The lowest BCUT2D eigenvalue weighted by atomic mass is 9.90. The molecule has 3 heterocycles. The molecule has 2 fully saturated rings. The third-order valence-electron chi connectivity index (χ3n) is 5.40. The van der Waals surface area contributed by atoms with Gasteiger partial charge >= 0.3 is 0 Å². The Labute approximate surface area is 162 Å². The summed E-state index contributed by atoms with van der Waals surface area (Å²) >= 11 is 0. The first-order valence-corrected chi connectivity index (χ1v) is 9.39. The van der Waals surface area contributed by atoms with E-state index in [-0.39, 0.29) is 6.61 Å². The van der Waals surface area contributed by atoms with Crippen molar-refractivity contribution < 1.29 is 24.4 Å². The molecule has 28 heavy (non-hydrogen) atoms. The lowest BCUT2D eigenvalue weighted by Gasteiger charge is -2.46. The van der Waals surface area contributed by atoms with E-state index in [1.807, 2.05) is 60.7 Å². The molecule has 3 aromatic rings. The molecule has 2 aliphatic rings. The van der Waals surface area contributed by atoms with Gasteiger partial charge in [-0.05, 0) is 23.8 Å². The summed E-state index contributed by atoms with van der Waals surface area (Å²) in [6, 6.07) is 19.0. The molecule has 6 nitrogen and oxygen atoms in total. The quantitative estimate of drug-likeness (QED) is 0.712. The van der Waals surface area contributed by atoms with Crippen molar-refractivity contribution in [3.8, 4) is 0 Å². The highest BCUT2D eigenvalue weighted by Gasteiger charge is 2.49. The highest BCUT2D eigenvalue weighted by atomic mass is 16.7. The molecule has 5 rings (SSSR count). The summed E-state index contributed by atoms with van der Waals surface area (Å²) in [5.74, 6) is 0. The van der Waals surface area contributed by atoms with Gasteiger partial charge in [-0.1, -0.05) is 42.5 Å². The fraction of sp³-hybridized carbons (Fsp3) is 0.318. The molecular formula is C22H21NO5. The van der Waals surface area contributed by atoms with Crippen molar-refractivity contribution in [3.05, 3.63) is 78.0 Å². The molecule has 2 aliphatic heterocycles. The molecule has 1 unspecified atom stereocenters. The Hall–Kier alpha value is -2.35. The molecule has 0 amide bonds. The van der Waals surface area contributed by atoms with E-state index in [1.54, 1.807) is 6.20 Å². The first-order chi connectivity index (χ1) is 13.7. The van der Waals surface area contributed by atoms with E-state index >= 15 is 0 Å². The maximum Gasteiger partial charge on any atom is 0.184 e. The Morgan fingerprint density at radius 2 is 1.71 bits per heavy atom. The number of pyridine rings is 1. The van der Waals surface area contributed by atoms with Gasteiger partial charge in [-0.25, -0.2) is 0 Å². The molecule has 0 spiro atoms. The molecule has 6 heteroatoms. The van der Waals surface area contributed by atoms with E-state index < -0.39 is 36.8 Å². The van der Waals surface area contributed by atoms with Crippen LogP contribution in [0.15, 0.2) is 66.9 Å². The molecular weight excluding hydrogens is 358 g/mol. The zero-order valence-electron chi connectivity index (χ0n) is 15.1. The van der Waals surface area contributed by atoms with Gasteiger partial charge in [0.2, 0.25) is 0 Å². The molecule has 0 bridgehead atoms. The smallest absolute Gasteiger partial charge is 0.184 e. The number of benzene rings is 2. The van der Waals surface area contributed by atoms with Crippen molar-refractivity contribution in [3.63, 3.8) is 0 Å². The summed E-state index contributed by atoms with van der Waals surface area (Å²) in [5.41, 5.74) is 2.52. The second-order valence-corrected chi connectivity index (χ2v) is 7.21. The van der Waals surface area contributed by atoms with Crippen molar-refractivity contribution in [2.75, 3.05) is 6.61 Å². The minimum Gasteiger partial charge on any atom is -0.387 e. The van der Waals surface area contributed by atoms with E-state index in [1.165, 1.54) is 0 Å². The van der Waals surface area contributed by atoms with Gasteiger partial charge in [0.05, 0.1) is 12.1 Å². The first kappa shape index (κ1) is 17.7. The third-order valence-corrected chi connectivity index (χ3v) is 5.40. The van der Waals surface area contributed by atoms with Gasteiger partial charge in [0.25, 0.3) is 0 Å². The normalized spacial score (nSPS) is 32.8. The van der Waals surface area contributed by atoms with Crippen molar-refractivity contribution >= 4 is 10.9 Å². The molecule has 1 aromatic heterocycles. The number of rotatable bonds is 2. The van der Waals surface area contributed by atoms with Crippen molar-refractivity contribution in [2.45, 2.75) is 36.8 Å². The van der Waals surface area contributed by atoms with Crippen molar-refractivity contribution in [1.29, 1.82) is 0 Å². The predicted octanol–water partition coefficient (Wildman–Crippen LogP) is 2.51. The Bertz CT molecular complexity index is 963. The van der Waals surface area contributed by atoms with Crippen LogP contribution in [0.4, 0.5) is 0 Å². The number of aliphatic hydroxyl groups excluding tert-OH is 2. The maximum atomic E-state index is 10.8. The highest BCUT2D eigenvalue weighted by molar-refractivity contribution is 5.79. The third kappa shape index (κ3) is 3.09. The lowest BCUT2D eigenvalue weighted by Crippen LogP contribution is -2.59. The number of hydrogen-bond donors (Lipinski definition) is 2. The van der Waals surface area contributed by atoms with Gasteiger partial charge in [-0.3, -0.25) is 4.98 Å². The second kappa shape index (κ2) is 7.24. The van der Waals surface area contributed by atoms with Gasteiger partial charge in [-0.2, -0.15) is 0 Å². The molecule has 2 aromatic carbocycles. The van der Waals surface area contributed by atoms with E-state index in [0.717, 1.165) is 22.0 Å². The zero-order valence-corrected chi connectivity index (χ0v) is 15.1. The monoisotopic (exact) mass is 379 g/mol. The summed E-state index contributed by atoms with van der Waals surface area (Å²) < 4.78 is 17.9. The second-order valence-electron chi connectivity index (χ2n) is 7.21. The molecule has 2 N–H and O–H groups in total. The summed E-state index contributed by atoms with van der Waals surface area (Å²) in [5, 5.41) is 22.5. The number of ether oxygens (including phenoxy) is 3. The summed E-state index contributed by atoms with van der Waals surface area (Å²) in [6.07, 6.45) is -2.83. The molecule has 0 saturated carbocycles. The van der Waals surface area contributed by atoms with Crippen LogP contribution >= 0.6 is 0 Å². The Morgan fingerprint density at radius 3 is 2.57 bits per heavy atom. The summed E-state index contributed by atoms with van der Waals surface area (Å²) in [4.78, 5) is 4.31. The van der Waals surface area contributed by atoms with E-state index in [2.05, 4.69) is 4.98 Å². The van der Waals surface area contributed by atoms with Gasteiger partial charge in [0, 0.05) is 17.1 Å². The fourth-order valence-corrected chi connectivity index (χ4v) is 3.94. The van der Waals surface area contributed by atoms with Crippen LogP contribution in [0.25, 0.3) is 10.9 Å². The number of aliphatic hydroxyl groups is 2. The van der Waals surface area contributed by atoms with Crippen LogP contribution in [-0.2, 0) is 14.2 Å². The van der Waals surface area contributed by atoms with E-state index in [9.17, 15) is 10.2 Å². The summed E-state index contributed by atoms with van der Waals surface area (Å²) in [7, 11) is 0. The minimum atomic E-state index is -1.11. The Kier molecular flexibility index (Phi) is 4.58. The van der Waals surface area contributed by atoms with Gasteiger partial charge in [-0.15, -0.1) is 0 Å². The lowest BCUT2D eigenvalue weighted by molar-refractivity contribution is -0.330. The van der Waals surface area contributed by atoms with Crippen LogP contribution in [0.2, 0.25) is 0 Å². The molecule has 144 valence electrons. The SMILES string of the molecule is O[C@@H]1[C@@H](O)[C@H](c2ccc3ncccc3c2)O[C@@H]2COC(c3ccccc3)O[C@@H]12. The summed E-state index contributed by atoms with van der Waals surface area (Å²) in [6.45, 7) is 0.277. The van der Waals surface area contributed by atoms with Crippen LogP contribution < -0.4 is 0 Å². The predicted molar refractivity (Wildman–Crippen MR) is 101 cm³/mol. The number of aromatic nitrogens is 1. The standard InChI is InChI=1S/C22H21NO5/c24-18-19(25)21-17(12-26-22(28-21)13-5-2-1-3-6-13)27-20(18)15-8-9-16-14(11-15)7-4-10-23-16/h1-11,17-22,24-25H,12H2/t17-,18-,19-,20+,21-,22?/m1/s1. The van der Waals surface area contributed by atoms with Crippen LogP contribution in [0.3, 0.4) is 0 Å². The average molecular weight is 379 g/mol. The molecule has 0 aliphatic carbocycles. The molecule has 0 radical (unpaired) electrons. The molecule has 2 saturated heterocycles. The number of hydrogen-bond acceptors (Lipinski definition) is 6. The van der Waals surface area contributed by atoms with Crippen LogP contribution in [0.5, 0.6) is 0 Å².